The molecule has 0 aliphatic rings. The Morgan fingerprint density at radius 2 is 1.62 bits per heavy atom. The number of carbonyl (C=O) groups is 1. The van der Waals surface area contributed by atoms with E-state index in [1.54, 1.807) is 11.3 Å². The third-order valence-corrected chi connectivity index (χ3v) is 5.89. The van der Waals surface area contributed by atoms with Crippen LogP contribution < -0.4 is 5.32 Å². The number of hydrogen-bond donors (Lipinski definition) is 1. The molecule has 2 heterocycles. The Morgan fingerprint density at radius 1 is 0.958 bits per heavy atom. The number of benzene rings is 2. The molecule has 1 N–H and O–H groups in total. The van der Waals surface area contributed by atoms with E-state index in [1.165, 1.54) is 16.9 Å². The van der Waals surface area contributed by atoms with E-state index in [-0.39, 0.29) is 5.91 Å². The van der Waals surface area contributed by atoms with E-state index < -0.39 is 0 Å². The van der Waals surface area contributed by atoms with Gasteiger partial charge >= 0.3 is 0 Å². The van der Waals surface area contributed by atoms with Crippen LogP contribution in [0.3, 0.4) is 0 Å². The highest BCUT2D eigenvalue weighted by Crippen LogP contribution is 2.35. The van der Waals surface area contributed by atoms with Gasteiger partial charge in [-0.1, -0.05) is 41.2 Å². The Labute approximate surface area is 147 Å². The number of nitrogens with zero attached hydrogens (tertiary/aromatic N) is 2. The number of aryl methyl sites for hydroxylation is 2. The highest BCUT2D eigenvalue weighted by molar-refractivity contribution is 7.28. The van der Waals surface area contributed by atoms with Crippen molar-refractivity contribution in [3.05, 3.63) is 52.5 Å². The molecule has 0 unspecified atom stereocenters. The zero-order valence-corrected chi connectivity index (χ0v) is 14.9. The maximum absolute atomic E-state index is 12.3. The van der Waals surface area contributed by atoms with E-state index >= 15 is 0 Å². The van der Waals surface area contributed by atoms with Gasteiger partial charge in [0.1, 0.15) is 0 Å². The zero-order chi connectivity index (χ0) is 16.7. The molecule has 4 rings (SSSR count). The number of rotatable bonds is 3. The summed E-state index contributed by atoms with van der Waals surface area (Å²) < 4.78 is 2.23. The molecule has 0 bridgehead atoms. The van der Waals surface area contributed by atoms with Crippen molar-refractivity contribution in [3.63, 3.8) is 0 Å². The van der Waals surface area contributed by atoms with E-state index in [2.05, 4.69) is 15.3 Å². The molecule has 120 valence electrons. The van der Waals surface area contributed by atoms with Gasteiger partial charge in [-0.25, -0.2) is 9.97 Å². The molecule has 0 saturated carbocycles. The topological polar surface area (TPSA) is 54.9 Å². The van der Waals surface area contributed by atoms with Gasteiger partial charge in [0.05, 0.1) is 31.9 Å². The summed E-state index contributed by atoms with van der Waals surface area (Å²) in [6.45, 7) is 4.04. The SMILES string of the molecule is Cc1ccc(CC(=O)Nc2nc3ccc4nc(C)sc4c3s2)cc1. The first-order chi connectivity index (χ1) is 11.6. The number of aromatic nitrogens is 2. The zero-order valence-electron chi connectivity index (χ0n) is 13.3. The molecule has 0 aliphatic carbocycles. The fraction of sp³-hybridized carbons (Fsp3) is 0.167. The second kappa shape index (κ2) is 5.96. The van der Waals surface area contributed by atoms with Crippen molar-refractivity contribution in [2.75, 3.05) is 5.32 Å². The van der Waals surface area contributed by atoms with Gasteiger partial charge in [0.2, 0.25) is 5.91 Å². The van der Waals surface area contributed by atoms with Crippen LogP contribution in [0.1, 0.15) is 16.1 Å². The molecule has 24 heavy (non-hydrogen) atoms. The molecule has 1 amide bonds. The largest absolute Gasteiger partial charge is 0.302 e. The lowest BCUT2D eigenvalue weighted by atomic mass is 10.1. The predicted octanol–water partition coefficient (Wildman–Crippen LogP) is 4.70. The highest BCUT2D eigenvalue weighted by Gasteiger charge is 2.12. The van der Waals surface area contributed by atoms with Crippen LogP contribution in [0.4, 0.5) is 5.13 Å². The molecule has 6 heteroatoms. The van der Waals surface area contributed by atoms with Crippen molar-refractivity contribution >= 4 is 54.1 Å². The average molecular weight is 353 g/mol. The Balaban J connectivity index is 1.58. The Kier molecular flexibility index (Phi) is 3.78. The third-order valence-electron chi connectivity index (χ3n) is 3.75. The van der Waals surface area contributed by atoms with Gasteiger partial charge in [-0.2, -0.15) is 0 Å². The lowest BCUT2D eigenvalue weighted by Crippen LogP contribution is -2.14. The molecule has 0 spiro atoms. The lowest BCUT2D eigenvalue weighted by Gasteiger charge is -2.02. The number of nitrogens with one attached hydrogen (secondary N) is 1. The maximum Gasteiger partial charge on any atom is 0.230 e. The number of thiazole rings is 2. The van der Waals surface area contributed by atoms with E-state index in [0.29, 0.717) is 11.6 Å². The second-order valence-corrected chi connectivity index (χ2v) is 7.93. The molecule has 0 radical (unpaired) electrons. The third kappa shape index (κ3) is 2.90. The number of hydrogen-bond acceptors (Lipinski definition) is 5. The van der Waals surface area contributed by atoms with Gasteiger partial charge < -0.3 is 5.32 Å². The summed E-state index contributed by atoms with van der Waals surface area (Å²) in [6.07, 6.45) is 0.352. The number of fused-ring (bicyclic) bond motifs is 3. The van der Waals surface area contributed by atoms with Crippen LogP contribution in [0, 0.1) is 13.8 Å². The Hall–Kier alpha value is -2.31. The van der Waals surface area contributed by atoms with E-state index in [9.17, 15) is 4.79 Å². The van der Waals surface area contributed by atoms with Crippen molar-refractivity contribution in [1.29, 1.82) is 0 Å². The van der Waals surface area contributed by atoms with Gasteiger partial charge in [-0.05, 0) is 31.5 Å². The first-order valence-electron chi connectivity index (χ1n) is 7.60. The summed E-state index contributed by atoms with van der Waals surface area (Å²) in [4.78, 5) is 21.3. The predicted molar refractivity (Wildman–Crippen MR) is 101 cm³/mol. The van der Waals surface area contributed by atoms with Crippen LogP contribution in [-0.4, -0.2) is 15.9 Å². The lowest BCUT2D eigenvalue weighted by molar-refractivity contribution is -0.115. The summed E-state index contributed by atoms with van der Waals surface area (Å²) >= 11 is 3.17. The molecule has 2 aromatic heterocycles. The van der Waals surface area contributed by atoms with Crippen molar-refractivity contribution in [1.82, 2.24) is 9.97 Å². The molecule has 4 nitrogen and oxygen atoms in total. The normalized spacial score (nSPS) is 11.2. The standard InChI is InChI=1S/C18H15N3OS2/c1-10-3-5-12(6-4-10)9-15(22)21-18-20-14-8-7-13-16(17(14)24-18)23-11(2)19-13/h3-8H,9H2,1-2H3,(H,20,21,22). The van der Waals surface area contributed by atoms with E-state index in [0.717, 1.165) is 31.0 Å². The summed E-state index contributed by atoms with van der Waals surface area (Å²) in [6, 6.07) is 11.9. The fourth-order valence-electron chi connectivity index (χ4n) is 2.59. The van der Waals surface area contributed by atoms with Crippen LogP contribution in [0.25, 0.3) is 20.4 Å². The summed E-state index contributed by atoms with van der Waals surface area (Å²) in [7, 11) is 0. The Bertz CT molecular complexity index is 1050. The van der Waals surface area contributed by atoms with E-state index in [4.69, 9.17) is 0 Å². The van der Waals surface area contributed by atoms with Crippen LogP contribution in [0.2, 0.25) is 0 Å². The first kappa shape index (κ1) is 15.2. The molecule has 0 fully saturated rings. The molecule has 0 aliphatic heterocycles. The van der Waals surface area contributed by atoms with Gasteiger partial charge in [0, 0.05) is 0 Å². The van der Waals surface area contributed by atoms with Crippen LogP contribution in [-0.2, 0) is 11.2 Å². The second-order valence-electron chi connectivity index (χ2n) is 5.72. The minimum Gasteiger partial charge on any atom is -0.302 e. The van der Waals surface area contributed by atoms with Crippen LogP contribution in [0.15, 0.2) is 36.4 Å². The average Bonchev–Trinajstić information content (AvgIpc) is 3.11. The van der Waals surface area contributed by atoms with Gasteiger partial charge in [0.15, 0.2) is 5.13 Å². The summed E-state index contributed by atoms with van der Waals surface area (Å²) in [5.74, 6) is -0.0466. The van der Waals surface area contributed by atoms with Crippen LogP contribution >= 0.6 is 22.7 Å². The monoisotopic (exact) mass is 353 g/mol. The summed E-state index contributed by atoms with van der Waals surface area (Å²) in [5, 5.41) is 4.60. The quantitative estimate of drug-likeness (QED) is 0.580. The van der Waals surface area contributed by atoms with Crippen molar-refractivity contribution < 1.29 is 4.79 Å². The fourth-order valence-corrected chi connectivity index (χ4v) is 4.62. The maximum atomic E-state index is 12.3. The number of anilines is 1. The molecular weight excluding hydrogens is 338 g/mol. The highest BCUT2D eigenvalue weighted by atomic mass is 32.1. The van der Waals surface area contributed by atoms with Crippen molar-refractivity contribution in [2.45, 2.75) is 20.3 Å². The molecule has 4 aromatic rings. The minimum absolute atomic E-state index is 0.0466. The molecular formula is C18H15N3OS2. The van der Waals surface area contributed by atoms with Gasteiger partial charge in [-0.15, -0.1) is 11.3 Å². The minimum atomic E-state index is -0.0466. The summed E-state index contributed by atoms with van der Waals surface area (Å²) in [5.41, 5.74) is 4.09. The van der Waals surface area contributed by atoms with Crippen LogP contribution in [0.5, 0.6) is 0 Å². The van der Waals surface area contributed by atoms with E-state index in [1.807, 2.05) is 50.2 Å². The van der Waals surface area contributed by atoms with Crippen molar-refractivity contribution in [2.24, 2.45) is 0 Å². The first-order valence-corrected chi connectivity index (χ1v) is 9.24. The number of amides is 1. The molecule has 0 saturated heterocycles. The van der Waals surface area contributed by atoms with Crippen molar-refractivity contribution in [3.8, 4) is 0 Å². The number of carbonyl (C=O) groups excluding carboxylic acids is 1. The Morgan fingerprint density at radius 3 is 2.38 bits per heavy atom. The molecule has 2 aromatic carbocycles. The van der Waals surface area contributed by atoms with Gasteiger partial charge in [0.25, 0.3) is 0 Å². The van der Waals surface area contributed by atoms with Gasteiger partial charge in [-0.3, -0.25) is 4.79 Å². The smallest absolute Gasteiger partial charge is 0.230 e. The molecule has 0 atom stereocenters.